The largest absolute Gasteiger partial charge is 0.492 e. The Morgan fingerprint density at radius 3 is 2.79 bits per heavy atom. The number of benzene rings is 2. The van der Waals surface area contributed by atoms with Gasteiger partial charge in [-0.15, -0.1) is 0 Å². The van der Waals surface area contributed by atoms with Crippen LogP contribution in [0.25, 0.3) is 6.08 Å². The van der Waals surface area contributed by atoms with Gasteiger partial charge in [-0.3, -0.25) is 4.90 Å². The first kappa shape index (κ1) is 21.1. The van der Waals surface area contributed by atoms with E-state index >= 15 is 0 Å². The van der Waals surface area contributed by atoms with Crippen LogP contribution in [-0.2, 0) is 0 Å². The molecule has 0 N–H and O–H groups in total. The topological polar surface area (TPSA) is 42.0 Å². The van der Waals surface area contributed by atoms with Crippen LogP contribution in [0.5, 0.6) is 11.5 Å². The van der Waals surface area contributed by atoms with E-state index in [4.69, 9.17) is 21.1 Å². The summed E-state index contributed by atoms with van der Waals surface area (Å²) < 4.78 is 24.3. The van der Waals surface area contributed by atoms with E-state index < -0.39 is 11.9 Å². The van der Waals surface area contributed by atoms with Gasteiger partial charge in [-0.1, -0.05) is 29.8 Å². The molecule has 1 amide bonds. The van der Waals surface area contributed by atoms with E-state index in [9.17, 15) is 9.18 Å². The maximum absolute atomic E-state index is 13.2. The van der Waals surface area contributed by atoms with Gasteiger partial charge in [0.25, 0.3) is 0 Å². The molecule has 1 aliphatic rings. The molecule has 2 aromatic rings. The summed E-state index contributed by atoms with van der Waals surface area (Å²) in [5, 5.41) is 0.258. The van der Waals surface area contributed by atoms with Crippen LogP contribution in [0, 0.1) is 5.82 Å². The molecule has 2 aromatic carbocycles. The number of fused-ring (bicyclic) bond motifs is 1. The Kier molecular flexibility index (Phi) is 6.77. The van der Waals surface area contributed by atoms with Crippen molar-refractivity contribution in [2.75, 3.05) is 34.3 Å². The molecular formula is C22H24ClFN2O3. The molecule has 0 aliphatic carbocycles. The summed E-state index contributed by atoms with van der Waals surface area (Å²) in [6, 6.07) is 9.87. The van der Waals surface area contributed by atoms with Crippen LogP contribution in [0.2, 0.25) is 5.02 Å². The fraction of sp³-hybridized carbons (Fsp3) is 0.318. The summed E-state index contributed by atoms with van der Waals surface area (Å²) in [5.41, 5.74) is 2.13. The first-order valence-corrected chi connectivity index (χ1v) is 9.70. The Bertz CT molecular complexity index is 917. The second-order valence-corrected chi connectivity index (χ2v) is 7.53. The monoisotopic (exact) mass is 418 g/mol. The maximum atomic E-state index is 13.2. The molecule has 1 aliphatic heterocycles. The van der Waals surface area contributed by atoms with Crippen LogP contribution in [0.15, 0.2) is 42.5 Å². The number of rotatable bonds is 5. The van der Waals surface area contributed by atoms with E-state index in [0.29, 0.717) is 18.1 Å². The zero-order chi connectivity index (χ0) is 21.0. The molecule has 0 spiro atoms. The van der Waals surface area contributed by atoms with Gasteiger partial charge in [-0.25, -0.2) is 9.18 Å². The minimum Gasteiger partial charge on any atom is -0.492 e. The summed E-state index contributed by atoms with van der Waals surface area (Å²) in [4.78, 5) is 15.4. The van der Waals surface area contributed by atoms with Gasteiger partial charge < -0.3 is 14.4 Å². The van der Waals surface area contributed by atoms with E-state index in [1.54, 1.807) is 20.2 Å². The molecule has 0 saturated heterocycles. The third kappa shape index (κ3) is 5.28. The van der Waals surface area contributed by atoms with Crippen molar-refractivity contribution in [2.45, 2.75) is 12.5 Å². The Morgan fingerprint density at radius 2 is 2.07 bits per heavy atom. The standard InChI is InChI=1S/C22H24ClFN2O3/c1-25(2)22(27)29-17-7-8-18-15(13-17)5-4-11-26(3)20(18)10-12-28-21-9-6-16(24)14-19(21)23/h4-9,13-14,20H,10-12H2,1-3H3. The molecule has 0 bridgehead atoms. The maximum Gasteiger partial charge on any atom is 0.414 e. The molecule has 7 heteroatoms. The number of amides is 1. The molecular weight excluding hydrogens is 395 g/mol. The number of hydrogen-bond donors (Lipinski definition) is 0. The molecule has 1 unspecified atom stereocenters. The summed E-state index contributed by atoms with van der Waals surface area (Å²) in [6.45, 7) is 1.21. The molecule has 5 nitrogen and oxygen atoms in total. The van der Waals surface area contributed by atoms with E-state index in [2.05, 4.69) is 18.0 Å². The van der Waals surface area contributed by atoms with E-state index in [1.807, 2.05) is 18.2 Å². The second-order valence-electron chi connectivity index (χ2n) is 7.12. The highest BCUT2D eigenvalue weighted by molar-refractivity contribution is 6.32. The van der Waals surface area contributed by atoms with E-state index in [-0.39, 0.29) is 11.1 Å². The summed E-state index contributed by atoms with van der Waals surface area (Å²) in [7, 11) is 5.34. The Morgan fingerprint density at radius 1 is 1.28 bits per heavy atom. The first-order valence-electron chi connectivity index (χ1n) is 9.33. The summed E-state index contributed by atoms with van der Waals surface area (Å²) >= 11 is 6.04. The molecule has 1 atom stereocenters. The number of carbonyl (C=O) groups is 1. The van der Waals surface area contributed by atoms with Gasteiger partial charge in [-0.2, -0.15) is 0 Å². The van der Waals surface area contributed by atoms with Crippen molar-refractivity contribution in [3.63, 3.8) is 0 Å². The van der Waals surface area contributed by atoms with Crippen LogP contribution in [0.1, 0.15) is 23.6 Å². The third-order valence-electron chi connectivity index (χ3n) is 4.75. The number of hydrogen-bond acceptors (Lipinski definition) is 4. The van der Waals surface area contributed by atoms with Gasteiger partial charge in [-0.05, 0) is 48.5 Å². The van der Waals surface area contributed by atoms with E-state index in [1.165, 1.54) is 23.1 Å². The molecule has 1 heterocycles. The molecule has 0 aromatic heterocycles. The van der Waals surface area contributed by atoms with E-state index in [0.717, 1.165) is 24.1 Å². The third-order valence-corrected chi connectivity index (χ3v) is 5.05. The highest BCUT2D eigenvalue weighted by Gasteiger charge is 2.22. The molecule has 0 fully saturated rings. The average molecular weight is 419 g/mol. The first-order chi connectivity index (χ1) is 13.8. The Hall–Kier alpha value is -2.57. The molecule has 0 radical (unpaired) electrons. The lowest BCUT2D eigenvalue weighted by atomic mass is 9.97. The van der Waals surface area contributed by atoms with Crippen molar-refractivity contribution >= 4 is 23.8 Å². The Balaban J connectivity index is 1.73. The number of ether oxygens (including phenoxy) is 2. The lowest BCUT2D eigenvalue weighted by molar-refractivity contribution is 0.172. The van der Waals surface area contributed by atoms with Crippen molar-refractivity contribution in [1.29, 1.82) is 0 Å². The minimum atomic E-state index is -0.416. The predicted molar refractivity (Wildman–Crippen MR) is 112 cm³/mol. The summed E-state index contributed by atoms with van der Waals surface area (Å²) in [6.07, 6.45) is 4.42. The molecule has 29 heavy (non-hydrogen) atoms. The predicted octanol–water partition coefficient (Wildman–Crippen LogP) is 5.01. The quantitative estimate of drug-likeness (QED) is 0.684. The number of carbonyl (C=O) groups excluding carboxylic acids is 1. The molecule has 0 saturated carbocycles. The van der Waals surface area contributed by atoms with Crippen LogP contribution in [0.3, 0.4) is 0 Å². The Labute approximate surface area is 175 Å². The zero-order valence-electron chi connectivity index (χ0n) is 16.7. The highest BCUT2D eigenvalue weighted by atomic mass is 35.5. The van der Waals surface area contributed by atoms with Gasteiger partial charge in [0, 0.05) is 33.1 Å². The van der Waals surface area contributed by atoms with Gasteiger partial charge in [0.2, 0.25) is 0 Å². The van der Waals surface area contributed by atoms with Gasteiger partial charge >= 0.3 is 6.09 Å². The van der Waals surface area contributed by atoms with Crippen molar-refractivity contribution in [3.05, 3.63) is 64.4 Å². The number of nitrogens with zero attached hydrogens (tertiary/aromatic N) is 2. The van der Waals surface area contributed by atoms with Gasteiger partial charge in [0.05, 0.1) is 11.6 Å². The van der Waals surface area contributed by atoms with Crippen molar-refractivity contribution in [2.24, 2.45) is 0 Å². The highest BCUT2D eigenvalue weighted by Crippen LogP contribution is 2.33. The SMILES string of the molecule is CN(C)C(=O)Oc1ccc2c(c1)C=CCN(C)C2CCOc1ccc(F)cc1Cl. The fourth-order valence-corrected chi connectivity index (χ4v) is 3.44. The molecule has 154 valence electrons. The van der Waals surface area contributed by atoms with Crippen molar-refractivity contribution in [1.82, 2.24) is 9.80 Å². The van der Waals surface area contributed by atoms with Crippen molar-refractivity contribution < 1.29 is 18.7 Å². The van der Waals surface area contributed by atoms with Crippen LogP contribution in [0.4, 0.5) is 9.18 Å². The van der Waals surface area contributed by atoms with Crippen molar-refractivity contribution in [3.8, 4) is 11.5 Å². The normalized spacial score (nSPS) is 16.1. The summed E-state index contributed by atoms with van der Waals surface area (Å²) in [5.74, 6) is 0.579. The van der Waals surface area contributed by atoms with Crippen LogP contribution in [-0.4, -0.2) is 50.2 Å². The smallest absolute Gasteiger partial charge is 0.414 e. The van der Waals surface area contributed by atoms with Crippen LogP contribution < -0.4 is 9.47 Å². The molecule has 3 rings (SSSR count). The number of likely N-dealkylation sites (N-methyl/N-ethyl adjacent to an activating group) is 1. The fourth-order valence-electron chi connectivity index (χ4n) is 3.22. The minimum absolute atomic E-state index is 0.109. The lowest BCUT2D eigenvalue weighted by Gasteiger charge is -2.27. The van der Waals surface area contributed by atoms with Gasteiger partial charge in [0.1, 0.15) is 17.3 Å². The lowest BCUT2D eigenvalue weighted by Crippen LogP contribution is -2.26. The second kappa shape index (κ2) is 9.29. The number of halogens is 2. The van der Waals surface area contributed by atoms with Gasteiger partial charge in [0.15, 0.2) is 0 Å². The average Bonchev–Trinajstić information content (AvgIpc) is 2.82. The van der Waals surface area contributed by atoms with Crippen LogP contribution >= 0.6 is 11.6 Å². The zero-order valence-corrected chi connectivity index (χ0v) is 17.4.